The molecule has 0 aliphatic carbocycles. The van der Waals surface area contributed by atoms with Crippen LogP contribution in [0.5, 0.6) is 0 Å². The minimum atomic E-state index is -0.296. The predicted molar refractivity (Wildman–Crippen MR) is 92.3 cm³/mol. The van der Waals surface area contributed by atoms with Gasteiger partial charge in [0.15, 0.2) is 0 Å². The maximum atomic E-state index is 13.5. The van der Waals surface area contributed by atoms with E-state index in [0.29, 0.717) is 17.8 Å². The van der Waals surface area contributed by atoms with Crippen LogP contribution in [0.4, 0.5) is 10.1 Å². The summed E-state index contributed by atoms with van der Waals surface area (Å²) in [7, 11) is 0. The van der Waals surface area contributed by atoms with Gasteiger partial charge in [-0.2, -0.15) is 0 Å². The average Bonchev–Trinajstić information content (AvgIpc) is 2.53. The molecular formula is C18H29FN2O. The van der Waals surface area contributed by atoms with Gasteiger partial charge in [0.25, 0.3) is 0 Å². The van der Waals surface area contributed by atoms with E-state index >= 15 is 0 Å². The van der Waals surface area contributed by atoms with Crippen molar-refractivity contribution in [3.63, 3.8) is 0 Å². The molecule has 1 atom stereocenters. The van der Waals surface area contributed by atoms with Gasteiger partial charge in [-0.15, -0.1) is 0 Å². The van der Waals surface area contributed by atoms with E-state index in [0.717, 1.165) is 25.1 Å². The van der Waals surface area contributed by atoms with E-state index < -0.39 is 0 Å². The molecule has 4 heteroatoms. The highest BCUT2D eigenvalue weighted by atomic mass is 19.1. The Morgan fingerprint density at radius 3 is 2.73 bits per heavy atom. The molecule has 1 amide bonds. The number of amides is 1. The third-order valence-corrected chi connectivity index (χ3v) is 3.77. The molecule has 1 fully saturated rings. The summed E-state index contributed by atoms with van der Waals surface area (Å²) in [5, 5.41) is 2.80. The number of aryl methyl sites for hydroxylation is 1. The number of benzene rings is 1. The molecule has 1 aromatic carbocycles. The first-order valence-electron chi connectivity index (χ1n) is 7.95. The van der Waals surface area contributed by atoms with Crippen molar-refractivity contribution in [3.8, 4) is 0 Å². The molecule has 1 aromatic rings. The maximum absolute atomic E-state index is 13.5. The minimum absolute atomic E-state index is 0. The van der Waals surface area contributed by atoms with Crippen LogP contribution in [-0.2, 0) is 4.79 Å². The first-order valence-corrected chi connectivity index (χ1v) is 7.95. The van der Waals surface area contributed by atoms with E-state index in [1.807, 2.05) is 20.8 Å². The van der Waals surface area contributed by atoms with Gasteiger partial charge in [-0.1, -0.05) is 26.5 Å². The highest BCUT2D eigenvalue weighted by molar-refractivity contribution is 5.92. The molecule has 0 aromatic heterocycles. The van der Waals surface area contributed by atoms with Crippen LogP contribution in [0.2, 0.25) is 0 Å². The quantitative estimate of drug-likeness (QED) is 0.885. The zero-order valence-corrected chi connectivity index (χ0v) is 14.1. The number of nitrogens with one attached hydrogen (secondary N) is 1. The molecule has 22 heavy (non-hydrogen) atoms. The standard InChI is InChI=1S/C16H21FN2O.C2H6.H2/c1-11(2)19-8-4-5-13(10-19)16(20)18-14-7-6-12(3)15(17)9-14;1-2;/h6-7,9,13H,1,4-5,8,10H2,2-3H3,(H,18,20);1-2H3;1H/t13-;;/m0../s1. The summed E-state index contributed by atoms with van der Waals surface area (Å²) in [5.41, 5.74) is 2.09. The second-order valence-electron chi connectivity index (χ2n) is 5.47. The van der Waals surface area contributed by atoms with Crippen molar-refractivity contribution >= 4 is 11.6 Å². The minimum Gasteiger partial charge on any atom is -0.375 e. The van der Waals surface area contributed by atoms with Gasteiger partial charge in [0.05, 0.1) is 5.92 Å². The molecule has 0 spiro atoms. The van der Waals surface area contributed by atoms with Crippen LogP contribution in [0.1, 0.15) is 40.6 Å². The zero-order chi connectivity index (χ0) is 16.7. The Hall–Kier alpha value is -1.84. The third kappa shape index (κ3) is 4.86. The molecule has 1 N–H and O–H groups in total. The number of likely N-dealkylation sites (tertiary alicyclic amines) is 1. The first-order chi connectivity index (χ1) is 10.5. The second kappa shape index (κ2) is 8.57. The smallest absolute Gasteiger partial charge is 0.229 e. The molecule has 1 saturated heterocycles. The average molecular weight is 308 g/mol. The number of piperidine rings is 1. The number of allylic oxidation sites excluding steroid dienone is 1. The van der Waals surface area contributed by atoms with Crippen LogP contribution in [0.15, 0.2) is 30.5 Å². The Morgan fingerprint density at radius 1 is 1.45 bits per heavy atom. The summed E-state index contributed by atoms with van der Waals surface area (Å²) < 4.78 is 13.5. The highest BCUT2D eigenvalue weighted by Crippen LogP contribution is 2.21. The number of halogens is 1. The van der Waals surface area contributed by atoms with Gasteiger partial charge < -0.3 is 10.2 Å². The molecule has 0 bridgehead atoms. The van der Waals surface area contributed by atoms with Gasteiger partial charge in [-0.25, -0.2) is 4.39 Å². The molecule has 2 rings (SSSR count). The number of hydrogen-bond donors (Lipinski definition) is 1. The summed E-state index contributed by atoms with van der Waals surface area (Å²) >= 11 is 0. The largest absolute Gasteiger partial charge is 0.375 e. The van der Waals surface area contributed by atoms with Crippen LogP contribution in [-0.4, -0.2) is 23.9 Å². The van der Waals surface area contributed by atoms with Gasteiger partial charge >= 0.3 is 0 Å². The molecular weight excluding hydrogens is 279 g/mol. The van der Waals surface area contributed by atoms with Crippen molar-refractivity contribution < 1.29 is 10.6 Å². The van der Waals surface area contributed by atoms with Crippen molar-refractivity contribution in [2.24, 2.45) is 5.92 Å². The number of carbonyl (C=O) groups is 1. The second-order valence-corrected chi connectivity index (χ2v) is 5.47. The Balaban J connectivity index is 0.00000155. The third-order valence-electron chi connectivity index (χ3n) is 3.77. The van der Waals surface area contributed by atoms with Gasteiger partial charge in [0.1, 0.15) is 5.82 Å². The lowest BCUT2D eigenvalue weighted by atomic mass is 9.96. The van der Waals surface area contributed by atoms with E-state index in [1.165, 1.54) is 6.07 Å². The van der Waals surface area contributed by atoms with Crippen LogP contribution in [0, 0.1) is 18.7 Å². The van der Waals surface area contributed by atoms with Crippen molar-refractivity contribution in [2.75, 3.05) is 18.4 Å². The van der Waals surface area contributed by atoms with Crippen molar-refractivity contribution in [2.45, 2.75) is 40.5 Å². The molecule has 1 aliphatic heterocycles. The zero-order valence-electron chi connectivity index (χ0n) is 14.1. The number of nitrogens with zero attached hydrogens (tertiary/aromatic N) is 1. The lowest BCUT2D eigenvalue weighted by molar-refractivity contribution is -0.121. The Kier molecular flexibility index (Phi) is 7.09. The number of anilines is 1. The maximum Gasteiger partial charge on any atom is 0.229 e. The fourth-order valence-electron chi connectivity index (χ4n) is 2.45. The van der Waals surface area contributed by atoms with E-state index in [4.69, 9.17) is 0 Å². The highest BCUT2D eigenvalue weighted by Gasteiger charge is 2.25. The molecule has 0 saturated carbocycles. The summed E-state index contributed by atoms with van der Waals surface area (Å²) in [6.45, 7) is 13.2. The number of hydrogen-bond acceptors (Lipinski definition) is 2. The lowest BCUT2D eigenvalue weighted by Gasteiger charge is -2.33. The van der Waals surface area contributed by atoms with Crippen LogP contribution < -0.4 is 5.32 Å². The topological polar surface area (TPSA) is 32.3 Å². The monoisotopic (exact) mass is 308 g/mol. The number of carbonyl (C=O) groups excluding carboxylic acids is 1. The number of rotatable bonds is 3. The van der Waals surface area contributed by atoms with Crippen molar-refractivity contribution in [1.29, 1.82) is 0 Å². The molecule has 124 valence electrons. The van der Waals surface area contributed by atoms with E-state index in [-0.39, 0.29) is 19.1 Å². The SMILES string of the molecule is C=C(C)N1CCC[C@H](C(=O)Nc2ccc(C)c(F)c2)C1.CC.[HH]. The van der Waals surface area contributed by atoms with Crippen LogP contribution >= 0.6 is 0 Å². The molecule has 3 nitrogen and oxygen atoms in total. The van der Waals surface area contributed by atoms with Gasteiger partial charge in [-0.05, 0) is 44.4 Å². The van der Waals surface area contributed by atoms with E-state index in [1.54, 1.807) is 19.1 Å². The molecule has 0 radical (unpaired) electrons. The van der Waals surface area contributed by atoms with Gasteiger partial charge in [-0.3, -0.25) is 4.79 Å². The molecule has 1 aliphatic rings. The summed E-state index contributed by atoms with van der Waals surface area (Å²) in [6.07, 6.45) is 1.84. The molecule has 1 heterocycles. The van der Waals surface area contributed by atoms with E-state index in [9.17, 15) is 9.18 Å². The normalized spacial score (nSPS) is 17.3. The summed E-state index contributed by atoms with van der Waals surface area (Å²) in [6, 6.07) is 4.77. The Labute approximate surface area is 134 Å². The van der Waals surface area contributed by atoms with Gasteiger partial charge in [0, 0.05) is 25.9 Å². The van der Waals surface area contributed by atoms with E-state index in [2.05, 4.69) is 16.8 Å². The Bertz CT molecular complexity index is 534. The van der Waals surface area contributed by atoms with Crippen molar-refractivity contribution in [3.05, 3.63) is 41.9 Å². The van der Waals surface area contributed by atoms with Gasteiger partial charge in [0.2, 0.25) is 5.91 Å². The molecule has 0 unspecified atom stereocenters. The van der Waals surface area contributed by atoms with Crippen molar-refractivity contribution in [1.82, 2.24) is 4.90 Å². The lowest BCUT2D eigenvalue weighted by Crippen LogP contribution is -2.39. The van der Waals surface area contributed by atoms with Crippen LogP contribution in [0.25, 0.3) is 0 Å². The predicted octanol–water partition coefficient (Wildman–Crippen LogP) is 4.59. The first kappa shape index (κ1) is 18.2. The fourth-order valence-corrected chi connectivity index (χ4v) is 2.45. The van der Waals surface area contributed by atoms with Crippen LogP contribution in [0.3, 0.4) is 0 Å². The summed E-state index contributed by atoms with van der Waals surface area (Å²) in [5.74, 6) is -0.404. The Morgan fingerprint density at radius 2 is 2.14 bits per heavy atom. The fraction of sp³-hybridized carbons (Fsp3) is 0.500. The summed E-state index contributed by atoms with van der Waals surface area (Å²) in [4.78, 5) is 14.4.